The van der Waals surface area contributed by atoms with E-state index in [0.29, 0.717) is 0 Å². The highest BCUT2D eigenvalue weighted by Gasteiger charge is 2.13. The van der Waals surface area contributed by atoms with Crippen LogP contribution in [0.5, 0.6) is 0 Å². The Labute approximate surface area is 143 Å². The van der Waals surface area contributed by atoms with Crippen molar-refractivity contribution in [2.75, 3.05) is 0 Å². The number of para-hydroxylation sites is 2. The molecule has 0 radical (unpaired) electrons. The summed E-state index contributed by atoms with van der Waals surface area (Å²) in [5.41, 5.74) is 4.39. The third-order valence-electron chi connectivity index (χ3n) is 4.43. The number of halogens is 1. The molecule has 24 heavy (non-hydrogen) atoms. The van der Waals surface area contributed by atoms with Gasteiger partial charge in [0, 0.05) is 21.4 Å². The SMILES string of the molecule is Clc1ccc(-c2nc3ccccc3c3cc4ccccc4n23)cc1. The first kappa shape index (κ1) is 13.6. The average Bonchev–Trinajstić information content (AvgIpc) is 3.02. The van der Waals surface area contributed by atoms with Crippen molar-refractivity contribution < 1.29 is 0 Å². The highest BCUT2D eigenvalue weighted by atomic mass is 35.5. The fourth-order valence-corrected chi connectivity index (χ4v) is 3.45. The predicted octanol–water partition coefficient (Wildman–Crippen LogP) is 5.96. The van der Waals surface area contributed by atoms with E-state index < -0.39 is 0 Å². The summed E-state index contributed by atoms with van der Waals surface area (Å²) < 4.78 is 2.24. The summed E-state index contributed by atoms with van der Waals surface area (Å²) in [7, 11) is 0. The van der Waals surface area contributed by atoms with Gasteiger partial charge in [0.2, 0.25) is 0 Å². The van der Waals surface area contributed by atoms with Crippen molar-refractivity contribution in [3.63, 3.8) is 0 Å². The molecule has 0 saturated heterocycles. The summed E-state index contributed by atoms with van der Waals surface area (Å²) in [6.45, 7) is 0. The summed E-state index contributed by atoms with van der Waals surface area (Å²) in [4.78, 5) is 4.95. The zero-order valence-corrected chi connectivity index (χ0v) is 13.5. The molecule has 5 aromatic rings. The Bertz CT molecular complexity index is 1200. The van der Waals surface area contributed by atoms with Gasteiger partial charge in [0.1, 0.15) is 5.82 Å². The van der Waals surface area contributed by atoms with Crippen LogP contribution in [0.3, 0.4) is 0 Å². The molecule has 0 N–H and O–H groups in total. The van der Waals surface area contributed by atoms with Gasteiger partial charge in [-0.1, -0.05) is 48.0 Å². The van der Waals surface area contributed by atoms with Gasteiger partial charge in [-0.3, -0.25) is 4.40 Å². The topological polar surface area (TPSA) is 17.3 Å². The number of benzene rings is 3. The molecular formula is C21H13ClN2. The molecule has 0 unspecified atom stereocenters. The van der Waals surface area contributed by atoms with Crippen molar-refractivity contribution >= 4 is 38.9 Å². The van der Waals surface area contributed by atoms with Gasteiger partial charge in [0.05, 0.1) is 16.6 Å². The lowest BCUT2D eigenvalue weighted by Crippen LogP contribution is -1.97. The van der Waals surface area contributed by atoms with Crippen LogP contribution >= 0.6 is 11.6 Å². The fourth-order valence-electron chi connectivity index (χ4n) is 3.33. The molecule has 2 heterocycles. The van der Waals surface area contributed by atoms with Gasteiger partial charge >= 0.3 is 0 Å². The van der Waals surface area contributed by atoms with Crippen molar-refractivity contribution in [1.82, 2.24) is 9.38 Å². The first-order chi connectivity index (χ1) is 11.8. The zero-order chi connectivity index (χ0) is 16.1. The van der Waals surface area contributed by atoms with Crippen LogP contribution in [-0.4, -0.2) is 9.38 Å². The molecule has 3 aromatic carbocycles. The van der Waals surface area contributed by atoms with Gasteiger partial charge < -0.3 is 0 Å². The van der Waals surface area contributed by atoms with Crippen LogP contribution in [0.25, 0.3) is 38.7 Å². The number of hydrogen-bond donors (Lipinski definition) is 0. The number of hydrogen-bond acceptors (Lipinski definition) is 1. The van der Waals surface area contributed by atoms with E-state index >= 15 is 0 Å². The highest BCUT2D eigenvalue weighted by molar-refractivity contribution is 6.30. The normalized spacial score (nSPS) is 11.5. The molecule has 0 aliphatic carbocycles. The Kier molecular flexibility index (Phi) is 2.88. The minimum absolute atomic E-state index is 0.730. The fraction of sp³-hybridized carbons (Fsp3) is 0. The van der Waals surface area contributed by atoms with Gasteiger partial charge in [0.15, 0.2) is 0 Å². The quantitative estimate of drug-likeness (QED) is 0.371. The number of fused-ring (bicyclic) bond motifs is 5. The molecule has 114 valence electrons. The van der Waals surface area contributed by atoms with Crippen molar-refractivity contribution in [1.29, 1.82) is 0 Å². The van der Waals surface area contributed by atoms with E-state index in [1.54, 1.807) is 0 Å². The number of nitrogens with zero attached hydrogens (tertiary/aromatic N) is 2. The summed E-state index contributed by atoms with van der Waals surface area (Å²) in [5, 5.41) is 3.10. The lowest BCUT2D eigenvalue weighted by atomic mass is 10.1. The van der Waals surface area contributed by atoms with E-state index in [0.717, 1.165) is 32.8 Å². The third-order valence-corrected chi connectivity index (χ3v) is 4.68. The first-order valence-electron chi connectivity index (χ1n) is 7.86. The highest BCUT2D eigenvalue weighted by Crippen LogP contribution is 2.31. The summed E-state index contributed by atoms with van der Waals surface area (Å²) >= 11 is 6.06. The van der Waals surface area contributed by atoms with Gasteiger partial charge in [-0.05, 0) is 42.5 Å². The van der Waals surface area contributed by atoms with E-state index in [4.69, 9.17) is 16.6 Å². The lowest BCUT2D eigenvalue weighted by Gasteiger charge is -2.10. The Morgan fingerprint density at radius 1 is 0.750 bits per heavy atom. The smallest absolute Gasteiger partial charge is 0.145 e. The molecule has 0 aliphatic rings. The molecule has 0 bridgehead atoms. The maximum Gasteiger partial charge on any atom is 0.145 e. The standard InChI is InChI=1S/C21H13ClN2/c22-16-11-9-14(10-12-16)21-23-18-7-3-2-6-17(18)20-13-15-5-1-4-8-19(15)24(20)21/h1-13H. The molecule has 5 rings (SSSR count). The van der Waals surface area contributed by atoms with Crippen molar-refractivity contribution in [2.24, 2.45) is 0 Å². The minimum Gasteiger partial charge on any atom is -0.293 e. The van der Waals surface area contributed by atoms with E-state index in [2.05, 4.69) is 52.9 Å². The van der Waals surface area contributed by atoms with Gasteiger partial charge in [-0.2, -0.15) is 0 Å². The van der Waals surface area contributed by atoms with Crippen molar-refractivity contribution in [2.45, 2.75) is 0 Å². The van der Waals surface area contributed by atoms with E-state index in [1.807, 2.05) is 30.3 Å². The molecule has 0 amide bonds. The molecule has 3 heteroatoms. The van der Waals surface area contributed by atoms with Gasteiger partial charge in [-0.25, -0.2) is 4.98 Å². The average molecular weight is 329 g/mol. The molecule has 0 atom stereocenters. The van der Waals surface area contributed by atoms with Crippen LogP contribution in [0.2, 0.25) is 5.02 Å². The first-order valence-corrected chi connectivity index (χ1v) is 8.24. The van der Waals surface area contributed by atoms with Gasteiger partial charge in [0.25, 0.3) is 0 Å². The van der Waals surface area contributed by atoms with Crippen molar-refractivity contribution in [3.8, 4) is 11.4 Å². The summed E-state index contributed by atoms with van der Waals surface area (Å²) in [5.74, 6) is 0.932. The van der Waals surface area contributed by atoms with Crippen LogP contribution in [0, 0.1) is 0 Å². The van der Waals surface area contributed by atoms with Gasteiger partial charge in [-0.15, -0.1) is 0 Å². The largest absolute Gasteiger partial charge is 0.293 e. The molecule has 0 fully saturated rings. The number of rotatable bonds is 1. The lowest BCUT2D eigenvalue weighted by molar-refractivity contribution is 1.17. The third kappa shape index (κ3) is 1.93. The Morgan fingerprint density at radius 2 is 1.50 bits per heavy atom. The Morgan fingerprint density at radius 3 is 2.38 bits per heavy atom. The van der Waals surface area contributed by atoms with E-state index in [1.165, 1.54) is 10.9 Å². The molecular weight excluding hydrogens is 316 g/mol. The van der Waals surface area contributed by atoms with Crippen molar-refractivity contribution in [3.05, 3.63) is 83.9 Å². The summed E-state index contributed by atoms with van der Waals surface area (Å²) in [6.07, 6.45) is 0. The van der Waals surface area contributed by atoms with Crippen LogP contribution < -0.4 is 0 Å². The molecule has 2 aromatic heterocycles. The molecule has 2 nitrogen and oxygen atoms in total. The second kappa shape index (κ2) is 5.08. The minimum atomic E-state index is 0.730. The zero-order valence-electron chi connectivity index (χ0n) is 12.8. The van der Waals surface area contributed by atoms with Crippen LogP contribution in [0.4, 0.5) is 0 Å². The number of aromatic nitrogens is 2. The maximum atomic E-state index is 6.06. The Hall–Kier alpha value is -2.84. The molecule has 0 aliphatic heterocycles. The van der Waals surface area contributed by atoms with E-state index in [9.17, 15) is 0 Å². The van der Waals surface area contributed by atoms with Crippen LogP contribution in [-0.2, 0) is 0 Å². The molecule has 0 saturated carbocycles. The van der Waals surface area contributed by atoms with Crippen LogP contribution in [0.15, 0.2) is 78.9 Å². The monoisotopic (exact) mass is 328 g/mol. The van der Waals surface area contributed by atoms with E-state index in [-0.39, 0.29) is 0 Å². The Balaban J connectivity index is 2.01. The second-order valence-corrected chi connectivity index (χ2v) is 6.32. The summed E-state index contributed by atoms with van der Waals surface area (Å²) in [6, 6.07) is 26.8. The predicted molar refractivity (Wildman–Crippen MR) is 101 cm³/mol. The second-order valence-electron chi connectivity index (χ2n) is 5.88. The maximum absolute atomic E-state index is 6.06. The molecule has 0 spiro atoms. The van der Waals surface area contributed by atoms with Crippen LogP contribution in [0.1, 0.15) is 0 Å².